The number of hydrogen-bond donors (Lipinski definition) is 3. The van der Waals surface area contributed by atoms with Crippen molar-refractivity contribution in [2.75, 3.05) is 5.32 Å². The summed E-state index contributed by atoms with van der Waals surface area (Å²) in [7, 11) is -2.97. The second-order valence-electron chi connectivity index (χ2n) is 5.15. The number of carbonyl (C=O) groups excluding carboxylic acids is 1. The van der Waals surface area contributed by atoms with Crippen molar-refractivity contribution in [3.63, 3.8) is 0 Å². The summed E-state index contributed by atoms with van der Waals surface area (Å²) in [6, 6.07) is 7.67. The van der Waals surface area contributed by atoms with Crippen molar-refractivity contribution in [3.8, 4) is 0 Å². The quantitative estimate of drug-likeness (QED) is 0.784. The lowest BCUT2D eigenvalue weighted by Crippen LogP contribution is -2.15. The van der Waals surface area contributed by atoms with Crippen LogP contribution in [-0.2, 0) is 11.2 Å². The fraction of sp³-hybridized carbons (Fsp3) is 0.0625. The molecule has 0 aliphatic carbocycles. The molecule has 3 N–H and O–H groups in total. The van der Waals surface area contributed by atoms with E-state index in [4.69, 9.17) is 0 Å². The predicted octanol–water partition coefficient (Wildman–Crippen LogP) is 4.24. The van der Waals surface area contributed by atoms with Gasteiger partial charge in [0, 0.05) is 17.2 Å². The standard InChI is InChI=1S/C16H13F2NO3S/c17-12-5-10(6-13(18)8-12)7-16(20)19-14-2-1-11-3-4-23(21,22)15(11)9-14/h1-6,8-9,21-22H,7H2,(H,19,20). The van der Waals surface area contributed by atoms with E-state index in [1.165, 1.54) is 11.5 Å². The van der Waals surface area contributed by atoms with Crippen molar-refractivity contribution in [1.82, 2.24) is 0 Å². The lowest BCUT2D eigenvalue weighted by molar-refractivity contribution is -0.115. The van der Waals surface area contributed by atoms with E-state index in [9.17, 15) is 22.7 Å². The number of hydrogen-bond acceptors (Lipinski definition) is 3. The third-order valence-electron chi connectivity index (χ3n) is 3.35. The van der Waals surface area contributed by atoms with Crippen LogP contribution in [0.2, 0.25) is 0 Å². The van der Waals surface area contributed by atoms with Crippen LogP contribution in [0.1, 0.15) is 11.1 Å². The highest BCUT2D eigenvalue weighted by molar-refractivity contribution is 8.27. The molecule has 1 amide bonds. The van der Waals surface area contributed by atoms with Gasteiger partial charge >= 0.3 is 0 Å². The summed E-state index contributed by atoms with van der Waals surface area (Å²) < 4.78 is 45.9. The van der Waals surface area contributed by atoms with E-state index in [0.29, 0.717) is 16.1 Å². The first-order valence-electron chi connectivity index (χ1n) is 6.69. The fourth-order valence-electron chi connectivity index (χ4n) is 2.36. The molecule has 1 heterocycles. The number of fused-ring (bicyclic) bond motifs is 1. The van der Waals surface area contributed by atoms with Crippen LogP contribution in [0.3, 0.4) is 0 Å². The molecule has 2 aromatic carbocycles. The third kappa shape index (κ3) is 3.42. The lowest BCUT2D eigenvalue weighted by atomic mass is 10.1. The molecule has 0 spiro atoms. The zero-order chi connectivity index (χ0) is 16.6. The molecule has 1 aliphatic heterocycles. The number of halogens is 2. The largest absolute Gasteiger partial charge is 0.326 e. The highest BCUT2D eigenvalue weighted by Crippen LogP contribution is 2.56. The summed E-state index contributed by atoms with van der Waals surface area (Å²) in [5.41, 5.74) is 1.27. The van der Waals surface area contributed by atoms with Crippen LogP contribution >= 0.6 is 10.6 Å². The first-order valence-corrected chi connectivity index (χ1v) is 8.30. The summed E-state index contributed by atoms with van der Waals surface area (Å²) in [6.45, 7) is 0. The highest BCUT2D eigenvalue weighted by atomic mass is 32.3. The summed E-state index contributed by atoms with van der Waals surface area (Å²) in [4.78, 5) is 12.3. The molecule has 7 heteroatoms. The van der Waals surface area contributed by atoms with Crippen LogP contribution in [0.4, 0.5) is 14.5 Å². The molecule has 0 atom stereocenters. The Morgan fingerprint density at radius 1 is 1.09 bits per heavy atom. The van der Waals surface area contributed by atoms with Crippen molar-refractivity contribution in [3.05, 3.63) is 64.6 Å². The van der Waals surface area contributed by atoms with Crippen molar-refractivity contribution >= 4 is 28.3 Å². The minimum absolute atomic E-state index is 0.194. The number of benzene rings is 2. The van der Waals surface area contributed by atoms with E-state index < -0.39 is 28.1 Å². The predicted molar refractivity (Wildman–Crippen MR) is 85.3 cm³/mol. The van der Waals surface area contributed by atoms with Gasteiger partial charge in [0.2, 0.25) is 5.91 Å². The maximum absolute atomic E-state index is 13.1. The molecule has 0 radical (unpaired) electrons. The molecule has 1 aliphatic rings. The second kappa shape index (κ2) is 5.77. The number of carbonyl (C=O) groups is 1. The van der Waals surface area contributed by atoms with E-state index in [0.717, 1.165) is 18.2 Å². The molecular weight excluding hydrogens is 324 g/mol. The van der Waals surface area contributed by atoms with E-state index in [1.807, 2.05) is 0 Å². The zero-order valence-corrected chi connectivity index (χ0v) is 12.6. The van der Waals surface area contributed by atoms with Crippen molar-refractivity contribution < 1.29 is 22.7 Å². The topological polar surface area (TPSA) is 69.6 Å². The van der Waals surface area contributed by atoms with Gasteiger partial charge in [-0.1, -0.05) is 6.07 Å². The molecule has 2 aromatic rings. The highest BCUT2D eigenvalue weighted by Gasteiger charge is 2.22. The molecule has 0 fully saturated rings. The minimum Gasteiger partial charge on any atom is -0.326 e. The summed E-state index contributed by atoms with van der Waals surface area (Å²) in [5.74, 6) is -1.95. The van der Waals surface area contributed by atoms with Gasteiger partial charge in [-0.05, 0) is 41.5 Å². The van der Waals surface area contributed by atoms with Crippen molar-refractivity contribution in [2.45, 2.75) is 11.3 Å². The summed E-state index contributed by atoms with van der Waals surface area (Å²) >= 11 is 0. The van der Waals surface area contributed by atoms with E-state index in [1.54, 1.807) is 18.2 Å². The molecule has 0 unspecified atom stereocenters. The van der Waals surface area contributed by atoms with Crippen LogP contribution in [0.25, 0.3) is 6.08 Å². The maximum Gasteiger partial charge on any atom is 0.228 e. The molecule has 0 aromatic heterocycles. The summed E-state index contributed by atoms with van der Waals surface area (Å²) in [6.07, 6.45) is 1.41. The second-order valence-corrected chi connectivity index (χ2v) is 7.05. The Morgan fingerprint density at radius 3 is 2.48 bits per heavy atom. The molecule has 23 heavy (non-hydrogen) atoms. The molecular formula is C16H13F2NO3S. The lowest BCUT2D eigenvalue weighted by Gasteiger charge is -2.25. The fourth-order valence-corrected chi connectivity index (χ4v) is 3.62. The molecule has 3 rings (SSSR count). The van der Waals surface area contributed by atoms with Crippen LogP contribution < -0.4 is 5.32 Å². The van der Waals surface area contributed by atoms with Gasteiger partial charge in [0.05, 0.1) is 11.3 Å². The van der Waals surface area contributed by atoms with Crippen LogP contribution in [-0.4, -0.2) is 15.0 Å². The molecule has 120 valence electrons. The maximum atomic E-state index is 13.1. The SMILES string of the molecule is O=C(Cc1cc(F)cc(F)c1)Nc1ccc2c(c1)S(O)(O)C=C2. The zero-order valence-electron chi connectivity index (χ0n) is 11.8. The molecule has 0 bridgehead atoms. The third-order valence-corrected chi connectivity index (χ3v) is 4.86. The van der Waals surface area contributed by atoms with Crippen LogP contribution in [0, 0.1) is 11.6 Å². The van der Waals surface area contributed by atoms with Gasteiger partial charge in [0.15, 0.2) is 0 Å². The van der Waals surface area contributed by atoms with Crippen molar-refractivity contribution in [1.29, 1.82) is 0 Å². The van der Waals surface area contributed by atoms with Gasteiger partial charge in [-0.2, -0.15) is 0 Å². The Hall–Kier alpha value is -2.22. The number of anilines is 1. The van der Waals surface area contributed by atoms with Gasteiger partial charge in [0.1, 0.15) is 11.6 Å². The Balaban J connectivity index is 1.74. The first kappa shape index (κ1) is 15.7. The Bertz CT molecular complexity index is 801. The van der Waals surface area contributed by atoms with Gasteiger partial charge < -0.3 is 5.32 Å². The number of rotatable bonds is 3. The van der Waals surface area contributed by atoms with E-state index in [2.05, 4.69) is 5.32 Å². The molecule has 0 saturated carbocycles. The van der Waals surface area contributed by atoms with E-state index in [-0.39, 0.29) is 12.0 Å². The minimum atomic E-state index is -2.97. The Kier molecular flexibility index (Phi) is 3.93. The first-order chi connectivity index (χ1) is 10.8. The number of amides is 1. The van der Waals surface area contributed by atoms with Crippen LogP contribution in [0.15, 0.2) is 46.7 Å². The Morgan fingerprint density at radius 2 is 1.78 bits per heavy atom. The number of nitrogens with one attached hydrogen (secondary N) is 1. The molecule has 4 nitrogen and oxygen atoms in total. The monoisotopic (exact) mass is 337 g/mol. The average molecular weight is 337 g/mol. The van der Waals surface area contributed by atoms with Crippen LogP contribution in [0.5, 0.6) is 0 Å². The van der Waals surface area contributed by atoms with Gasteiger partial charge in [0.25, 0.3) is 0 Å². The summed E-state index contributed by atoms with van der Waals surface area (Å²) in [5, 5.41) is 3.89. The average Bonchev–Trinajstić information content (AvgIpc) is 2.73. The smallest absolute Gasteiger partial charge is 0.228 e. The van der Waals surface area contributed by atoms with Crippen molar-refractivity contribution in [2.24, 2.45) is 0 Å². The molecule has 0 saturated heterocycles. The van der Waals surface area contributed by atoms with Gasteiger partial charge in [-0.3, -0.25) is 13.9 Å². The van der Waals surface area contributed by atoms with Gasteiger partial charge in [-0.15, -0.1) is 10.6 Å². The Labute approximate surface area is 132 Å². The van der Waals surface area contributed by atoms with Gasteiger partial charge in [-0.25, -0.2) is 8.78 Å². The van der Waals surface area contributed by atoms with E-state index >= 15 is 0 Å². The normalized spacial score (nSPS) is 16.0.